The van der Waals surface area contributed by atoms with E-state index in [4.69, 9.17) is 0 Å². The van der Waals surface area contributed by atoms with Gasteiger partial charge in [-0.3, -0.25) is 4.79 Å². The Morgan fingerprint density at radius 2 is 2.17 bits per heavy atom. The highest BCUT2D eigenvalue weighted by Gasteiger charge is 2.25. The number of nitrogens with zero attached hydrogens (tertiary/aromatic N) is 2. The highest BCUT2D eigenvalue weighted by Crippen LogP contribution is 2.30. The zero-order chi connectivity index (χ0) is 16.4. The summed E-state index contributed by atoms with van der Waals surface area (Å²) < 4.78 is 2.16. The molecular formula is C19H24N2O2. The van der Waals surface area contributed by atoms with Crippen LogP contribution in [0.5, 0.6) is 0 Å². The number of hydrogen-bond acceptors (Lipinski definition) is 2. The lowest BCUT2D eigenvalue weighted by Gasteiger charge is -2.22. The molecule has 1 atom stereocenters. The summed E-state index contributed by atoms with van der Waals surface area (Å²) in [5.74, 6) is -1.04. The molecule has 2 aromatic rings. The molecule has 0 amide bonds. The number of imidazole rings is 1. The molecule has 0 aliphatic carbocycles. The van der Waals surface area contributed by atoms with Crippen LogP contribution in [-0.4, -0.2) is 20.6 Å². The quantitative estimate of drug-likeness (QED) is 0.887. The summed E-state index contributed by atoms with van der Waals surface area (Å²) >= 11 is 0. The minimum Gasteiger partial charge on any atom is -0.481 e. The van der Waals surface area contributed by atoms with E-state index in [-0.39, 0.29) is 5.92 Å². The molecule has 1 aromatic carbocycles. The third kappa shape index (κ3) is 2.90. The van der Waals surface area contributed by atoms with Crippen molar-refractivity contribution in [1.82, 2.24) is 9.55 Å². The Bertz CT molecular complexity index is 718. The number of hydrogen-bond donors (Lipinski definition) is 1. The van der Waals surface area contributed by atoms with Crippen LogP contribution in [0, 0.1) is 5.92 Å². The molecule has 0 spiro atoms. The molecule has 0 bridgehead atoms. The van der Waals surface area contributed by atoms with E-state index in [0.717, 1.165) is 31.4 Å². The summed E-state index contributed by atoms with van der Waals surface area (Å²) in [6.07, 6.45) is 6.99. The summed E-state index contributed by atoms with van der Waals surface area (Å²) in [4.78, 5) is 16.0. The van der Waals surface area contributed by atoms with E-state index in [1.165, 1.54) is 22.5 Å². The van der Waals surface area contributed by atoms with E-state index in [2.05, 4.69) is 34.7 Å². The first-order chi connectivity index (χ1) is 11.2. The van der Waals surface area contributed by atoms with Gasteiger partial charge in [-0.1, -0.05) is 32.4 Å². The summed E-state index contributed by atoms with van der Waals surface area (Å²) in [5, 5.41) is 9.40. The topological polar surface area (TPSA) is 55.1 Å². The second-order valence-electron chi connectivity index (χ2n) is 6.30. The van der Waals surface area contributed by atoms with Gasteiger partial charge < -0.3 is 9.67 Å². The minimum absolute atomic E-state index is 0.331. The number of aryl methyl sites for hydroxylation is 1. The number of benzene rings is 1. The van der Waals surface area contributed by atoms with Gasteiger partial charge in [0.25, 0.3) is 0 Å². The monoisotopic (exact) mass is 312 g/mol. The molecule has 1 N–H and O–H groups in total. The van der Waals surface area contributed by atoms with Crippen molar-refractivity contribution in [2.24, 2.45) is 5.92 Å². The molecule has 1 aliphatic rings. The fourth-order valence-electron chi connectivity index (χ4n) is 3.66. The number of aliphatic carboxylic acids is 1. The number of aromatic nitrogens is 2. The van der Waals surface area contributed by atoms with Gasteiger partial charge in [-0.05, 0) is 42.9 Å². The molecular weight excluding hydrogens is 288 g/mol. The second-order valence-corrected chi connectivity index (χ2v) is 6.30. The third-order valence-corrected chi connectivity index (χ3v) is 4.88. The summed E-state index contributed by atoms with van der Waals surface area (Å²) in [7, 11) is 0. The van der Waals surface area contributed by atoms with E-state index >= 15 is 0 Å². The minimum atomic E-state index is -0.710. The van der Waals surface area contributed by atoms with Crippen LogP contribution in [0.15, 0.2) is 24.5 Å². The van der Waals surface area contributed by atoms with Crippen LogP contribution in [0.3, 0.4) is 0 Å². The first-order valence-corrected chi connectivity index (χ1v) is 8.54. The Morgan fingerprint density at radius 3 is 2.87 bits per heavy atom. The largest absolute Gasteiger partial charge is 0.481 e. The molecule has 0 saturated carbocycles. The molecule has 1 aromatic heterocycles. The maximum atomic E-state index is 11.4. The Labute approximate surface area is 137 Å². The molecule has 122 valence electrons. The lowest BCUT2D eigenvalue weighted by Crippen LogP contribution is -2.19. The zero-order valence-corrected chi connectivity index (χ0v) is 13.9. The van der Waals surface area contributed by atoms with Gasteiger partial charge in [0.15, 0.2) is 0 Å². The summed E-state index contributed by atoms with van der Waals surface area (Å²) in [6, 6.07) is 6.44. The van der Waals surface area contributed by atoms with Crippen LogP contribution in [0.4, 0.5) is 0 Å². The number of carbonyl (C=O) groups is 1. The van der Waals surface area contributed by atoms with Gasteiger partial charge in [0, 0.05) is 12.1 Å². The van der Waals surface area contributed by atoms with Gasteiger partial charge in [0.1, 0.15) is 0 Å². The highest BCUT2D eigenvalue weighted by atomic mass is 16.4. The third-order valence-electron chi connectivity index (χ3n) is 4.88. The molecule has 23 heavy (non-hydrogen) atoms. The van der Waals surface area contributed by atoms with Crippen LogP contribution < -0.4 is 0 Å². The predicted octanol–water partition coefficient (Wildman–Crippen LogP) is 3.58. The van der Waals surface area contributed by atoms with Crippen LogP contribution in [-0.2, 0) is 30.5 Å². The molecule has 1 aliphatic heterocycles. The standard InChI is InChI=1S/C19H24N2O2/c1-3-6-14(19(22)23)11-16-18-10-9-15-13(4-2)7-5-8-17(15)21(18)12-20-16/h5,7-8,12,14H,3-4,6,9-11H2,1-2H3,(H,22,23). The van der Waals surface area contributed by atoms with Crippen LogP contribution >= 0.6 is 0 Å². The van der Waals surface area contributed by atoms with Crippen LogP contribution in [0.2, 0.25) is 0 Å². The van der Waals surface area contributed by atoms with E-state index in [1.54, 1.807) is 0 Å². The fraction of sp³-hybridized carbons (Fsp3) is 0.474. The van der Waals surface area contributed by atoms with Gasteiger partial charge in [-0.25, -0.2) is 4.98 Å². The molecule has 2 heterocycles. The van der Waals surface area contributed by atoms with Crippen molar-refractivity contribution in [3.63, 3.8) is 0 Å². The van der Waals surface area contributed by atoms with Crippen molar-refractivity contribution in [3.05, 3.63) is 47.0 Å². The lowest BCUT2D eigenvalue weighted by molar-refractivity contribution is -0.142. The van der Waals surface area contributed by atoms with Crippen molar-refractivity contribution in [1.29, 1.82) is 0 Å². The number of carboxylic acid groups (broad SMARTS) is 1. The van der Waals surface area contributed by atoms with E-state index < -0.39 is 5.97 Å². The predicted molar refractivity (Wildman–Crippen MR) is 90.1 cm³/mol. The SMILES string of the molecule is CCCC(Cc1ncn2c1CCc1c(CC)cccc1-2)C(=O)O. The molecule has 4 nitrogen and oxygen atoms in total. The van der Waals surface area contributed by atoms with Crippen molar-refractivity contribution >= 4 is 5.97 Å². The molecule has 0 fully saturated rings. The average molecular weight is 312 g/mol. The Hall–Kier alpha value is -2.10. The maximum Gasteiger partial charge on any atom is 0.306 e. The first-order valence-electron chi connectivity index (χ1n) is 8.54. The first kappa shape index (κ1) is 15.8. The molecule has 0 radical (unpaired) electrons. The van der Waals surface area contributed by atoms with E-state index in [0.29, 0.717) is 12.8 Å². The van der Waals surface area contributed by atoms with Crippen molar-refractivity contribution in [3.8, 4) is 5.69 Å². The number of fused-ring (bicyclic) bond motifs is 3. The van der Waals surface area contributed by atoms with Crippen LogP contribution in [0.25, 0.3) is 5.69 Å². The molecule has 4 heteroatoms. The van der Waals surface area contributed by atoms with E-state index in [9.17, 15) is 9.90 Å². The highest BCUT2D eigenvalue weighted by molar-refractivity contribution is 5.70. The lowest BCUT2D eigenvalue weighted by atomic mass is 9.92. The van der Waals surface area contributed by atoms with Gasteiger partial charge in [0.05, 0.1) is 23.6 Å². The smallest absolute Gasteiger partial charge is 0.306 e. The van der Waals surface area contributed by atoms with Gasteiger partial charge in [-0.2, -0.15) is 0 Å². The van der Waals surface area contributed by atoms with Crippen molar-refractivity contribution < 1.29 is 9.90 Å². The molecule has 3 rings (SSSR count). The molecule has 0 saturated heterocycles. The summed E-state index contributed by atoms with van der Waals surface area (Å²) in [5.41, 5.74) is 6.17. The Balaban J connectivity index is 1.94. The zero-order valence-electron chi connectivity index (χ0n) is 13.9. The van der Waals surface area contributed by atoms with Crippen LogP contribution in [0.1, 0.15) is 49.2 Å². The van der Waals surface area contributed by atoms with Gasteiger partial charge >= 0.3 is 5.97 Å². The average Bonchev–Trinajstić information content (AvgIpc) is 2.97. The Kier molecular flexibility index (Phi) is 4.51. The van der Waals surface area contributed by atoms with E-state index in [1.807, 2.05) is 13.3 Å². The Morgan fingerprint density at radius 1 is 1.35 bits per heavy atom. The molecule has 1 unspecified atom stereocenters. The maximum absolute atomic E-state index is 11.4. The van der Waals surface area contributed by atoms with Crippen molar-refractivity contribution in [2.75, 3.05) is 0 Å². The summed E-state index contributed by atoms with van der Waals surface area (Å²) in [6.45, 7) is 4.22. The van der Waals surface area contributed by atoms with Gasteiger partial charge in [-0.15, -0.1) is 0 Å². The normalized spacial score (nSPS) is 14.2. The number of rotatable bonds is 6. The number of carboxylic acids is 1. The second kappa shape index (κ2) is 6.57. The van der Waals surface area contributed by atoms with Crippen molar-refractivity contribution in [2.45, 2.75) is 52.4 Å². The fourth-order valence-corrected chi connectivity index (χ4v) is 3.66. The van der Waals surface area contributed by atoms with Gasteiger partial charge in [0.2, 0.25) is 0 Å².